The fourth-order valence-electron chi connectivity index (χ4n) is 3.54. The molecule has 1 aromatic carbocycles. The van der Waals surface area contributed by atoms with Crippen LogP contribution in [0.25, 0.3) is 0 Å². The summed E-state index contributed by atoms with van der Waals surface area (Å²) in [5.41, 5.74) is 0. The van der Waals surface area contributed by atoms with Gasteiger partial charge < -0.3 is 14.4 Å². The van der Waals surface area contributed by atoms with Gasteiger partial charge in [-0.15, -0.1) is 0 Å². The summed E-state index contributed by atoms with van der Waals surface area (Å²) in [5, 5.41) is 0. The minimum Gasteiger partial charge on any atom is -0.497 e. The zero-order chi connectivity index (χ0) is 19.9. The van der Waals surface area contributed by atoms with Gasteiger partial charge in [-0.2, -0.15) is 0 Å². The third-order valence-electron chi connectivity index (χ3n) is 4.98. The maximum Gasteiger partial charge on any atom is 0.244 e. The van der Waals surface area contributed by atoms with Crippen LogP contribution in [0.4, 0.5) is 0 Å². The molecular weight excluding hydrogens is 368 g/mol. The summed E-state index contributed by atoms with van der Waals surface area (Å²) in [6, 6.07) is 4.76. The van der Waals surface area contributed by atoms with Crippen molar-refractivity contribution in [1.29, 1.82) is 0 Å². The van der Waals surface area contributed by atoms with Crippen molar-refractivity contribution in [1.82, 2.24) is 9.62 Å². The molecule has 0 spiro atoms. The summed E-state index contributed by atoms with van der Waals surface area (Å²) in [4.78, 5) is 13.9. The van der Waals surface area contributed by atoms with Gasteiger partial charge in [0.25, 0.3) is 0 Å². The Labute approximate surface area is 162 Å². The maximum atomic E-state index is 12.7. The lowest BCUT2D eigenvalue weighted by Gasteiger charge is -2.30. The van der Waals surface area contributed by atoms with Crippen molar-refractivity contribution in [3.05, 3.63) is 18.2 Å². The van der Waals surface area contributed by atoms with E-state index in [2.05, 4.69) is 4.72 Å². The highest BCUT2D eigenvalue weighted by atomic mass is 32.2. The normalized spacial score (nSPS) is 15.8. The van der Waals surface area contributed by atoms with Crippen molar-refractivity contribution in [2.24, 2.45) is 0 Å². The average molecular weight is 399 g/mol. The molecule has 0 atom stereocenters. The van der Waals surface area contributed by atoms with Crippen LogP contribution in [0.2, 0.25) is 0 Å². The molecule has 0 aromatic heterocycles. The van der Waals surface area contributed by atoms with E-state index in [1.54, 1.807) is 17.9 Å². The van der Waals surface area contributed by atoms with E-state index in [0.29, 0.717) is 12.3 Å². The van der Waals surface area contributed by atoms with Gasteiger partial charge in [-0.3, -0.25) is 4.79 Å². The zero-order valence-electron chi connectivity index (χ0n) is 16.4. The third-order valence-corrected chi connectivity index (χ3v) is 6.48. The first-order valence-electron chi connectivity index (χ1n) is 9.38. The molecule has 1 fully saturated rings. The number of nitrogens with zero attached hydrogens (tertiary/aromatic N) is 1. The number of hydrogen-bond donors (Lipinski definition) is 1. The highest BCUT2D eigenvalue weighted by Crippen LogP contribution is 2.28. The van der Waals surface area contributed by atoms with Crippen LogP contribution >= 0.6 is 0 Å². The smallest absolute Gasteiger partial charge is 0.244 e. The van der Waals surface area contributed by atoms with Crippen molar-refractivity contribution >= 4 is 15.9 Å². The fraction of sp³-hybridized carbons (Fsp3) is 0.632. The first-order chi connectivity index (χ1) is 12.9. The quantitative estimate of drug-likeness (QED) is 0.680. The van der Waals surface area contributed by atoms with Crippen molar-refractivity contribution in [3.8, 4) is 11.5 Å². The number of carbonyl (C=O) groups excluding carboxylic acids is 1. The van der Waals surface area contributed by atoms with Gasteiger partial charge in [-0.05, 0) is 25.0 Å². The van der Waals surface area contributed by atoms with E-state index in [1.807, 2.05) is 0 Å². The van der Waals surface area contributed by atoms with E-state index < -0.39 is 10.0 Å². The standard InChI is InChI=1S/C19H30N2O5S/c1-15(22)21(16-8-6-4-5-7-9-16)13-12-20-27(23,24)19-11-10-17(25-2)14-18(19)26-3/h10-11,14,16,20H,4-9,12-13H2,1-3H3. The monoisotopic (exact) mass is 398 g/mol. The summed E-state index contributed by atoms with van der Waals surface area (Å²) in [7, 11) is -0.837. The van der Waals surface area contributed by atoms with Gasteiger partial charge in [0.05, 0.1) is 14.2 Å². The third kappa shape index (κ3) is 5.84. The lowest BCUT2D eigenvalue weighted by atomic mass is 10.1. The van der Waals surface area contributed by atoms with E-state index in [4.69, 9.17) is 9.47 Å². The second kappa shape index (κ2) is 9.94. The molecule has 0 unspecified atom stereocenters. The molecule has 0 saturated heterocycles. The minimum absolute atomic E-state index is 0.0110. The Morgan fingerprint density at radius 2 is 1.81 bits per heavy atom. The van der Waals surface area contributed by atoms with Gasteiger partial charge in [0.2, 0.25) is 15.9 Å². The highest BCUT2D eigenvalue weighted by Gasteiger charge is 2.24. The van der Waals surface area contributed by atoms with Crippen LogP contribution < -0.4 is 14.2 Å². The molecule has 1 amide bonds. The Bertz CT molecular complexity index is 728. The zero-order valence-corrected chi connectivity index (χ0v) is 17.2. The van der Waals surface area contributed by atoms with Crippen LogP contribution in [0.1, 0.15) is 45.4 Å². The summed E-state index contributed by atoms with van der Waals surface area (Å²) in [5.74, 6) is 0.721. The maximum absolute atomic E-state index is 12.7. The molecule has 0 heterocycles. The van der Waals surface area contributed by atoms with Crippen molar-refractivity contribution < 1.29 is 22.7 Å². The van der Waals surface area contributed by atoms with Gasteiger partial charge in [0.1, 0.15) is 16.4 Å². The molecule has 1 aromatic rings. The van der Waals surface area contributed by atoms with E-state index in [-0.39, 0.29) is 29.1 Å². The topological polar surface area (TPSA) is 84.9 Å². The number of carbonyl (C=O) groups is 1. The second-order valence-corrected chi connectivity index (χ2v) is 8.51. The predicted molar refractivity (Wildman–Crippen MR) is 104 cm³/mol. The Morgan fingerprint density at radius 1 is 1.15 bits per heavy atom. The van der Waals surface area contributed by atoms with Crippen molar-refractivity contribution in [2.45, 2.75) is 56.4 Å². The number of ether oxygens (including phenoxy) is 2. The summed E-state index contributed by atoms with van der Waals surface area (Å²) < 4.78 is 38.2. The molecular formula is C19H30N2O5S. The molecule has 1 saturated carbocycles. The van der Waals surface area contributed by atoms with Gasteiger partial charge >= 0.3 is 0 Å². The molecule has 1 aliphatic carbocycles. The number of amides is 1. The largest absolute Gasteiger partial charge is 0.497 e. The van der Waals surface area contributed by atoms with Gasteiger partial charge in [-0.25, -0.2) is 13.1 Å². The Balaban J connectivity index is 2.04. The summed E-state index contributed by atoms with van der Waals surface area (Å²) >= 11 is 0. The number of rotatable bonds is 8. The Morgan fingerprint density at radius 3 is 2.37 bits per heavy atom. The molecule has 0 bridgehead atoms. The highest BCUT2D eigenvalue weighted by molar-refractivity contribution is 7.89. The molecule has 0 radical (unpaired) electrons. The number of nitrogens with one attached hydrogen (secondary N) is 1. The first-order valence-corrected chi connectivity index (χ1v) is 10.9. The van der Waals surface area contributed by atoms with Gasteiger partial charge in [-0.1, -0.05) is 25.7 Å². The second-order valence-electron chi connectivity index (χ2n) is 6.77. The van der Waals surface area contributed by atoms with Crippen LogP contribution in [0.3, 0.4) is 0 Å². The van der Waals surface area contributed by atoms with Crippen LogP contribution in [0.5, 0.6) is 11.5 Å². The lowest BCUT2D eigenvalue weighted by Crippen LogP contribution is -2.43. The van der Waals surface area contributed by atoms with E-state index in [1.165, 1.54) is 39.2 Å². The number of hydrogen-bond acceptors (Lipinski definition) is 5. The molecule has 7 nitrogen and oxygen atoms in total. The fourth-order valence-corrected chi connectivity index (χ4v) is 4.71. The Kier molecular flexibility index (Phi) is 7.91. The number of sulfonamides is 1. The molecule has 2 rings (SSSR count). The average Bonchev–Trinajstić information content (AvgIpc) is 2.93. The lowest BCUT2D eigenvalue weighted by molar-refractivity contribution is -0.131. The van der Waals surface area contributed by atoms with Crippen molar-refractivity contribution in [3.63, 3.8) is 0 Å². The van der Waals surface area contributed by atoms with Gasteiger partial charge in [0.15, 0.2) is 0 Å². The number of methoxy groups -OCH3 is 2. The first kappa shape index (κ1) is 21.5. The summed E-state index contributed by atoms with van der Waals surface area (Å²) in [6.45, 7) is 2.07. The molecule has 27 heavy (non-hydrogen) atoms. The SMILES string of the molecule is COc1ccc(S(=O)(=O)NCCN(C(C)=O)C2CCCCCC2)c(OC)c1. The molecule has 152 valence electrons. The molecule has 8 heteroatoms. The van der Waals surface area contributed by atoms with E-state index in [9.17, 15) is 13.2 Å². The van der Waals surface area contributed by atoms with Crippen LogP contribution in [0, 0.1) is 0 Å². The van der Waals surface area contributed by atoms with Crippen molar-refractivity contribution in [2.75, 3.05) is 27.3 Å². The Hall–Kier alpha value is -1.80. The predicted octanol–water partition coefficient (Wildman–Crippen LogP) is 2.55. The van der Waals surface area contributed by atoms with Crippen LogP contribution in [-0.4, -0.2) is 52.6 Å². The summed E-state index contributed by atoms with van der Waals surface area (Å²) in [6.07, 6.45) is 6.60. The molecule has 1 N–H and O–H groups in total. The van der Waals surface area contributed by atoms with Gasteiger partial charge in [0, 0.05) is 32.1 Å². The van der Waals surface area contributed by atoms with E-state index in [0.717, 1.165) is 25.7 Å². The minimum atomic E-state index is -3.76. The van der Waals surface area contributed by atoms with E-state index >= 15 is 0 Å². The van der Waals surface area contributed by atoms with Crippen LogP contribution in [-0.2, 0) is 14.8 Å². The number of benzene rings is 1. The molecule has 0 aliphatic heterocycles. The van der Waals surface area contributed by atoms with Crippen LogP contribution in [0.15, 0.2) is 23.1 Å². The molecule has 1 aliphatic rings.